The second-order valence-electron chi connectivity index (χ2n) is 4.89. The largest absolute Gasteiger partial charge is 0.390 e. The molecule has 0 aromatic carbocycles. The molecule has 2 fully saturated rings. The van der Waals surface area contributed by atoms with Crippen molar-refractivity contribution >= 4 is 5.78 Å². The number of aliphatic hydroxyl groups is 1. The van der Waals surface area contributed by atoms with E-state index in [1.165, 1.54) is 0 Å². The summed E-state index contributed by atoms with van der Waals surface area (Å²) in [7, 11) is 0. The average Bonchev–Trinajstić information content (AvgIpc) is 2.65. The van der Waals surface area contributed by atoms with Crippen molar-refractivity contribution in [3.8, 4) is 0 Å². The minimum Gasteiger partial charge on any atom is -0.390 e. The molecule has 1 heterocycles. The van der Waals surface area contributed by atoms with Gasteiger partial charge in [-0.05, 0) is 18.8 Å². The van der Waals surface area contributed by atoms with Crippen molar-refractivity contribution in [3.63, 3.8) is 0 Å². The molecule has 0 aromatic rings. The van der Waals surface area contributed by atoms with Crippen LogP contribution in [0.5, 0.6) is 0 Å². The maximum atomic E-state index is 11.8. The predicted octanol–water partition coefficient (Wildman–Crippen LogP) is 1.39. The number of ketones is 1. The average molecular weight is 212 g/mol. The summed E-state index contributed by atoms with van der Waals surface area (Å²) in [4.78, 5) is 11.8. The maximum absolute atomic E-state index is 11.8. The molecule has 0 aromatic heterocycles. The minimum absolute atomic E-state index is 0.0567. The van der Waals surface area contributed by atoms with Gasteiger partial charge in [0.2, 0.25) is 0 Å². The molecule has 1 saturated heterocycles. The number of hydrogen-bond acceptors (Lipinski definition) is 3. The predicted molar refractivity (Wildman–Crippen MR) is 56.4 cm³/mol. The van der Waals surface area contributed by atoms with Gasteiger partial charge in [-0.2, -0.15) is 0 Å². The Hall–Kier alpha value is -0.410. The molecule has 86 valence electrons. The number of aliphatic hydroxyl groups excluding tert-OH is 1. The van der Waals surface area contributed by atoms with E-state index in [-0.39, 0.29) is 11.8 Å². The van der Waals surface area contributed by atoms with Crippen LogP contribution in [0.25, 0.3) is 0 Å². The highest BCUT2D eigenvalue weighted by molar-refractivity contribution is 5.82. The first kappa shape index (κ1) is 11.1. The number of hydrogen-bond donors (Lipinski definition) is 1. The first-order valence-electron chi connectivity index (χ1n) is 6.01. The number of rotatable bonds is 2. The lowest BCUT2D eigenvalue weighted by Gasteiger charge is -2.31. The molecule has 1 N–H and O–H groups in total. The zero-order valence-corrected chi connectivity index (χ0v) is 9.32. The summed E-state index contributed by atoms with van der Waals surface area (Å²) in [5.74, 6) is 1.13. The minimum atomic E-state index is -0.422. The third-order valence-corrected chi connectivity index (χ3v) is 3.99. The zero-order valence-electron chi connectivity index (χ0n) is 9.32. The fourth-order valence-electron chi connectivity index (χ4n) is 2.87. The Bertz CT molecular complexity index is 239. The molecule has 3 nitrogen and oxygen atoms in total. The fraction of sp³-hybridized carbons (Fsp3) is 0.917. The Kier molecular flexibility index (Phi) is 3.42. The van der Waals surface area contributed by atoms with E-state index < -0.39 is 6.10 Å². The Morgan fingerprint density at radius 3 is 2.87 bits per heavy atom. The van der Waals surface area contributed by atoms with Crippen molar-refractivity contribution in [1.29, 1.82) is 0 Å². The lowest BCUT2D eigenvalue weighted by Crippen LogP contribution is -2.36. The van der Waals surface area contributed by atoms with Crippen LogP contribution in [-0.2, 0) is 9.53 Å². The molecule has 1 saturated carbocycles. The van der Waals surface area contributed by atoms with E-state index in [0.29, 0.717) is 31.3 Å². The van der Waals surface area contributed by atoms with Crippen LogP contribution in [0.15, 0.2) is 0 Å². The third kappa shape index (κ3) is 2.23. The van der Waals surface area contributed by atoms with Crippen molar-refractivity contribution in [3.05, 3.63) is 0 Å². The van der Waals surface area contributed by atoms with Crippen molar-refractivity contribution in [2.75, 3.05) is 13.2 Å². The summed E-state index contributed by atoms with van der Waals surface area (Å²) in [6.45, 7) is 3.15. The van der Waals surface area contributed by atoms with Gasteiger partial charge in [0.25, 0.3) is 0 Å². The van der Waals surface area contributed by atoms with E-state index in [0.717, 1.165) is 19.3 Å². The molecule has 2 aliphatic rings. The van der Waals surface area contributed by atoms with E-state index in [1.54, 1.807) is 0 Å². The van der Waals surface area contributed by atoms with Crippen LogP contribution < -0.4 is 0 Å². The van der Waals surface area contributed by atoms with Crippen LogP contribution in [0.2, 0.25) is 0 Å². The van der Waals surface area contributed by atoms with Gasteiger partial charge in [-0.1, -0.05) is 13.3 Å². The summed E-state index contributed by atoms with van der Waals surface area (Å²) >= 11 is 0. The molecule has 0 bridgehead atoms. The lowest BCUT2D eigenvalue weighted by molar-refractivity contribution is -0.128. The van der Waals surface area contributed by atoms with E-state index >= 15 is 0 Å². The first-order chi connectivity index (χ1) is 7.22. The fourth-order valence-corrected chi connectivity index (χ4v) is 2.87. The zero-order chi connectivity index (χ0) is 10.8. The summed E-state index contributed by atoms with van der Waals surface area (Å²) in [5, 5.41) is 9.74. The van der Waals surface area contributed by atoms with Crippen LogP contribution in [0.4, 0.5) is 0 Å². The standard InChI is InChI=1S/C12H20O3/c1-2-8-3-4-11(13)9(5-8)10-6-15-7-12(10)14/h8-10,12,14H,2-7H2,1H3. The van der Waals surface area contributed by atoms with Crippen molar-refractivity contribution in [2.45, 2.75) is 38.7 Å². The van der Waals surface area contributed by atoms with Gasteiger partial charge in [-0.3, -0.25) is 4.79 Å². The molecule has 1 aliphatic carbocycles. The normalized spacial score (nSPS) is 42.1. The number of Topliss-reactive ketones (excluding diaryl/α,β-unsaturated/α-hetero) is 1. The molecule has 0 amide bonds. The number of carbonyl (C=O) groups excluding carboxylic acids is 1. The highest BCUT2D eigenvalue weighted by atomic mass is 16.5. The molecular weight excluding hydrogens is 192 g/mol. The molecule has 0 spiro atoms. The quantitative estimate of drug-likeness (QED) is 0.752. The van der Waals surface area contributed by atoms with E-state index in [4.69, 9.17) is 4.74 Å². The first-order valence-corrected chi connectivity index (χ1v) is 6.01. The molecule has 2 rings (SSSR count). The Morgan fingerprint density at radius 2 is 2.27 bits per heavy atom. The smallest absolute Gasteiger partial charge is 0.136 e. The van der Waals surface area contributed by atoms with Gasteiger partial charge in [0.05, 0.1) is 19.3 Å². The molecule has 0 radical (unpaired) electrons. The summed E-state index contributed by atoms with van der Waals surface area (Å²) in [6.07, 6.45) is 3.42. The van der Waals surface area contributed by atoms with Gasteiger partial charge in [0, 0.05) is 18.3 Å². The summed E-state index contributed by atoms with van der Waals surface area (Å²) in [6, 6.07) is 0. The van der Waals surface area contributed by atoms with Crippen molar-refractivity contribution < 1.29 is 14.6 Å². The van der Waals surface area contributed by atoms with Gasteiger partial charge >= 0.3 is 0 Å². The maximum Gasteiger partial charge on any atom is 0.136 e. The Morgan fingerprint density at radius 1 is 1.47 bits per heavy atom. The van der Waals surface area contributed by atoms with Crippen LogP contribution in [0.1, 0.15) is 32.6 Å². The SMILES string of the molecule is CCC1CCC(=O)C(C2COCC2O)C1. The van der Waals surface area contributed by atoms with Crippen LogP contribution >= 0.6 is 0 Å². The van der Waals surface area contributed by atoms with E-state index in [2.05, 4.69) is 6.92 Å². The molecule has 15 heavy (non-hydrogen) atoms. The Balaban J connectivity index is 2.02. The number of ether oxygens (including phenoxy) is 1. The van der Waals surface area contributed by atoms with Crippen LogP contribution in [0, 0.1) is 17.8 Å². The Labute approximate surface area is 90.8 Å². The van der Waals surface area contributed by atoms with Crippen LogP contribution in [0.3, 0.4) is 0 Å². The van der Waals surface area contributed by atoms with Gasteiger partial charge in [0.1, 0.15) is 5.78 Å². The second kappa shape index (κ2) is 4.62. The highest BCUT2D eigenvalue weighted by Gasteiger charge is 2.40. The van der Waals surface area contributed by atoms with Gasteiger partial charge < -0.3 is 9.84 Å². The summed E-state index contributed by atoms with van der Waals surface area (Å²) in [5.41, 5.74) is 0. The molecule has 3 heteroatoms. The van der Waals surface area contributed by atoms with Crippen LogP contribution in [-0.4, -0.2) is 30.2 Å². The monoisotopic (exact) mass is 212 g/mol. The van der Waals surface area contributed by atoms with Gasteiger partial charge in [-0.15, -0.1) is 0 Å². The summed E-state index contributed by atoms with van der Waals surface area (Å²) < 4.78 is 5.24. The molecule has 4 unspecified atom stereocenters. The van der Waals surface area contributed by atoms with Gasteiger partial charge in [-0.25, -0.2) is 0 Å². The lowest BCUT2D eigenvalue weighted by atomic mass is 9.72. The topological polar surface area (TPSA) is 46.5 Å². The number of carbonyl (C=O) groups is 1. The molecule has 1 aliphatic heterocycles. The third-order valence-electron chi connectivity index (χ3n) is 3.99. The van der Waals surface area contributed by atoms with E-state index in [9.17, 15) is 9.90 Å². The van der Waals surface area contributed by atoms with Crippen molar-refractivity contribution in [1.82, 2.24) is 0 Å². The second-order valence-corrected chi connectivity index (χ2v) is 4.89. The van der Waals surface area contributed by atoms with Crippen molar-refractivity contribution in [2.24, 2.45) is 17.8 Å². The highest BCUT2D eigenvalue weighted by Crippen LogP contribution is 2.36. The van der Waals surface area contributed by atoms with E-state index in [1.807, 2.05) is 0 Å². The van der Waals surface area contributed by atoms with Gasteiger partial charge in [0.15, 0.2) is 0 Å². The molecule has 4 atom stereocenters. The molecular formula is C12H20O3.